The molecule has 0 fully saturated rings. The van der Waals surface area contributed by atoms with Gasteiger partial charge in [-0.05, 0) is 36.2 Å². The van der Waals surface area contributed by atoms with Gasteiger partial charge in [0, 0.05) is 11.4 Å². The number of carbonyl (C=O) groups excluding carboxylic acids is 1. The summed E-state index contributed by atoms with van der Waals surface area (Å²) in [7, 11) is 0. The lowest BCUT2D eigenvalue weighted by atomic mass is 10.1. The van der Waals surface area contributed by atoms with Crippen molar-refractivity contribution >= 4 is 29.3 Å². The van der Waals surface area contributed by atoms with Crippen LogP contribution in [0.4, 0.5) is 8.78 Å². The number of alkyl halides is 2. The molecule has 0 bridgehead atoms. The van der Waals surface area contributed by atoms with Crippen molar-refractivity contribution in [3.05, 3.63) is 59.1 Å². The van der Waals surface area contributed by atoms with Gasteiger partial charge in [0.15, 0.2) is 0 Å². The summed E-state index contributed by atoms with van der Waals surface area (Å²) in [5, 5.41) is 3.44. The zero-order chi connectivity index (χ0) is 17.4. The highest BCUT2D eigenvalue weighted by Crippen LogP contribution is 2.26. The van der Waals surface area contributed by atoms with Gasteiger partial charge >= 0.3 is 6.61 Å². The molecule has 24 heavy (non-hydrogen) atoms. The fourth-order valence-electron chi connectivity index (χ4n) is 1.94. The number of hydrogen-bond donors (Lipinski definition) is 1. The van der Waals surface area contributed by atoms with E-state index < -0.39 is 6.61 Å². The SMILES string of the molecule is O=C(CSc1ccccc1Cl)NCCc1ccc(OC(F)F)cc1. The largest absolute Gasteiger partial charge is 0.435 e. The Morgan fingerprint density at radius 1 is 1.17 bits per heavy atom. The van der Waals surface area contributed by atoms with E-state index in [4.69, 9.17) is 11.6 Å². The Balaban J connectivity index is 1.70. The average Bonchev–Trinajstić information content (AvgIpc) is 2.55. The smallest absolute Gasteiger partial charge is 0.387 e. The van der Waals surface area contributed by atoms with E-state index in [1.54, 1.807) is 18.2 Å². The number of nitrogens with one attached hydrogen (secondary N) is 1. The van der Waals surface area contributed by atoms with Crippen LogP contribution in [0.1, 0.15) is 5.56 Å². The molecule has 3 nitrogen and oxygen atoms in total. The number of carbonyl (C=O) groups is 1. The molecule has 0 radical (unpaired) electrons. The van der Waals surface area contributed by atoms with Gasteiger partial charge in [-0.25, -0.2) is 0 Å². The molecule has 7 heteroatoms. The fourth-order valence-corrected chi connectivity index (χ4v) is 3.01. The average molecular weight is 372 g/mol. The molecule has 0 spiro atoms. The first-order chi connectivity index (χ1) is 11.5. The molecule has 2 aromatic rings. The monoisotopic (exact) mass is 371 g/mol. The second kappa shape index (κ2) is 9.49. The van der Waals surface area contributed by atoms with E-state index in [1.165, 1.54) is 23.9 Å². The first-order valence-electron chi connectivity index (χ1n) is 7.22. The van der Waals surface area contributed by atoms with Crippen molar-refractivity contribution in [2.45, 2.75) is 17.9 Å². The van der Waals surface area contributed by atoms with Crippen molar-refractivity contribution in [3.63, 3.8) is 0 Å². The van der Waals surface area contributed by atoms with Crippen LogP contribution in [0, 0.1) is 0 Å². The Morgan fingerprint density at radius 2 is 1.88 bits per heavy atom. The summed E-state index contributed by atoms with van der Waals surface area (Å²) in [6.45, 7) is -2.36. The van der Waals surface area contributed by atoms with E-state index in [-0.39, 0.29) is 17.4 Å². The molecule has 0 aliphatic carbocycles. The third kappa shape index (κ3) is 6.37. The summed E-state index contributed by atoms with van der Waals surface area (Å²) in [5.74, 6) is 0.316. The van der Waals surface area contributed by atoms with E-state index in [0.29, 0.717) is 18.0 Å². The highest BCUT2D eigenvalue weighted by atomic mass is 35.5. The number of ether oxygens (including phenoxy) is 1. The van der Waals surface area contributed by atoms with Crippen LogP contribution in [-0.4, -0.2) is 24.8 Å². The fraction of sp³-hybridized carbons (Fsp3) is 0.235. The standard InChI is InChI=1S/C17H16ClF2NO2S/c18-14-3-1-2-4-15(14)24-11-16(22)21-10-9-12-5-7-13(8-6-12)23-17(19)20/h1-8,17H,9-11H2,(H,21,22). The van der Waals surface area contributed by atoms with Crippen molar-refractivity contribution in [1.82, 2.24) is 5.32 Å². The molecule has 0 heterocycles. The van der Waals surface area contributed by atoms with Crippen LogP contribution in [0.15, 0.2) is 53.4 Å². The Bertz CT molecular complexity index is 668. The minimum Gasteiger partial charge on any atom is -0.435 e. The van der Waals surface area contributed by atoms with Crippen LogP contribution in [0.25, 0.3) is 0 Å². The highest BCUT2D eigenvalue weighted by molar-refractivity contribution is 8.00. The van der Waals surface area contributed by atoms with E-state index >= 15 is 0 Å². The molecule has 2 aromatic carbocycles. The second-order valence-electron chi connectivity index (χ2n) is 4.84. The van der Waals surface area contributed by atoms with Crippen LogP contribution in [0.2, 0.25) is 5.02 Å². The molecule has 128 valence electrons. The maximum absolute atomic E-state index is 12.1. The van der Waals surface area contributed by atoms with Crippen molar-refractivity contribution in [1.29, 1.82) is 0 Å². The lowest BCUT2D eigenvalue weighted by Crippen LogP contribution is -2.27. The van der Waals surface area contributed by atoms with Gasteiger partial charge in [-0.15, -0.1) is 11.8 Å². The number of halogens is 3. The van der Waals surface area contributed by atoms with Crippen LogP contribution < -0.4 is 10.1 Å². The van der Waals surface area contributed by atoms with Crippen molar-refractivity contribution < 1.29 is 18.3 Å². The predicted octanol–water partition coefficient (Wildman–Crippen LogP) is 4.39. The summed E-state index contributed by atoms with van der Waals surface area (Å²) < 4.78 is 28.4. The van der Waals surface area contributed by atoms with Crippen LogP contribution >= 0.6 is 23.4 Å². The van der Waals surface area contributed by atoms with Gasteiger partial charge in [0.05, 0.1) is 10.8 Å². The van der Waals surface area contributed by atoms with Gasteiger partial charge in [0.1, 0.15) is 5.75 Å². The van der Waals surface area contributed by atoms with Crippen LogP contribution in [0.3, 0.4) is 0 Å². The first-order valence-corrected chi connectivity index (χ1v) is 8.59. The number of benzene rings is 2. The van der Waals surface area contributed by atoms with Crippen LogP contribution in [-0.2, 0) is 11.2 Å². The minimum absolute atomic E-state index is 0.0856. The van der Waals surface area contributed by atoms with Gasteiger partial charge in [0.2, 0.25) is 5.91 Å². The molecule has 1 N–H and O–H groups in total. The lowest BCUT2D eigenvalue weighted by molar-refractivity contribution is -0.118. The molecule has 0 saturated carbocycles. The van der Waals surface area contributed by atoms with Gasteiger partial charge in [-0.3, -0.25) is 4.79 Å². The zero-order valence-electron chi connectivity index (χ0n) is 12.7. The molecule has 0 unspecified atom stereocenters. The molecule has 0 aliphatic rings. The van der Waals surface area contributed by atoms with E-state index in [1.807, 2.05) is 18.2 Å². The van der Waals surface area contributed by atoms with Crippen LogP contribution in [0.5, 0.6) is 5.75 Å². The molecule has 2 rings (SSSR count). The highest BCUT2D eigenvalue weighted by Gasteiger charge is 2.06. The molecule has 0 saturated heterocycles. The van der Waals surface area contributed by atoms with E-state index in [2.05, 4.69) is 10.1 Å². The molecule has 1 amide bonds. The molecule has 0 aromatic heterocycles. The van der Waals surface area contributed by atoms with Crippen molar-refractivity contribution in [2.24, 2.45) is 0 Å². The summed E-state index contributed by atoms with van der Waals surface area (Å²) >= 11 is 7.40. The first kappa shape index (κ1) is 18.5. The number of rotatable bonds is 8. The third-order valence-electron chi connectivity index (χ3n) is 3.08. The van der Waals surface area contributed by atoms with E-state index in [0.717, 1.165) is 10.5 Å². The molecular weight excluding hydrogens is 356 g/mol. The Hall–Kier alpha value is -1.79. The molecular formula is C17H16ClF2NO2S. The predicted molar refractivity (Wildman–Crippen MR) is 92.0 cm³/mol. The quantitative estimate of drug-likeness (QED) is 0.699. The number of thioether (sulfide) groups is 1. The van der Waals surface area contributed by atoms with Crippen molar-refractivity contribution in [3.8, 4) is 5.75 Å². The maximum atomic E-state index is 12.1. The Kier molecular flexibility index (Phi) is 7.34. The number of amides is 1. The van der Waals surface area contributed by atoms with Gasteiger partial charge in [-0.1, -0.05) is 35.9 Å². The summed E-state index contributed by atoms with van der Waals surface area (Å²) in [6.07, 6.45) is 0.609. The zero-order valence-corrected chi connectivity index (χ0v) is 14.2. The summed E-state index contributed by atoms with van der Waals surface area (Å²) in [6, 6.07) is 13.7. The van der Waals surface area contributed by atoms with Gasteiger partial charge in [0.25, 0.3) is 0 Å². The Morgan fingerprint density at radius 3 is 2.54 bits per heavy atom. The lowest BCUT2D eigenvalue weighted by Gasteiger charge is -2.07. The van der Waals surface area contributed by atoms with E-state index in [9.17, 15) is 13.6 Å². The minimum atomic E-state index is -2.83. The molecule has 0 atom stereocenters. The second-order valence-corrected chi connectivity index (χ2v) is 6.27. The maximum Gasteiger partial charge on any atom is 0.387 e. The van der Waals surface area contributed by atoms with Crippen molar-refractivity contribution in [2.75, 3.05) is 12.3 Å². The summed E-state index contributed by atoms with van der Waals surface area (Å²) in [5.41, 5.74) is 0.927. The Labute approximate surface area is 148 Å². The van der Waals surface area contributed by atoms with Gasteiger partial charge in [-0.2, -0.15) is 8.78 Å². The van der Waals surface area contributed by atoms with Gasteiger partial charge < -0.3 is 10.1 Å². The normalized spacial score (nSPS) is 10.7. The summed E-state index contributed by atoms with van der Waals surface area (Å²) in [4.78, 5) is 12.7. The topological polar surface area (TPSA) is 38.3 Å². The number of hydrogen-bond acceptors (Lipinski definition) is 3. The molecule has 0 aliphatic heterocycles. The third-order valence-corrected chi connectivity index (χ3v) is 4.59.